The first-order chi connectivity index (χ1) is 13.3. The molecule has 138 valence electrons. The Bertz CT molecular complexity index is 905. The van der Waals surface area contributed by atoms with E-state index in [1.807, 2.05) is 47.8 Å². The first-order valence-electron chi connectivity index (χ1n) is 9.19. The van der Waals surface area contributed by atoms with Crippen LogP contribution in [0.2, 0.25) is 0 Å². The van der Waals surface area contributed by atoms with Crippen molar-refractivity contribution < 1.29 is 4.79 Å². The van der Waals surface area contributed by atoms with Crippen LogP contribution in [0.25, 0.3) is 11.3 Å². The molecule has 27 heavy (non-hydrogen) atoms. The summed E-state index contributed by atoms with van der Waals surface area (Å²) in [6.07, 6.45) is 6.74. The number of carbonyl (C=O) groups excluding carboxylic acids is 1. The molecule has 1 saturated carbocycles. The van der Waals surface area contributed by atoms with Crippen LogP contribution in [-0.2, 0) is 6.54 Å². The predicted molar refractivity (Wildman–Crippen MR) is 111 cm³/mol. The minimum Gasteiger partial charge on any atom is -0.345 e. The number of thioether (sulfide) groups is 1. The highest BCUT2D eigenvalue weighted by molar-refractivity contribution is 7.99. The Kier molecular flexibility index (Phi) is 5.84. The first-order valence-corrected chi connectivity index (χ1v) is 11.0. The number of nitrogens with one attached hydrogen (secondary N) is 1. The van der Waals surface area contributed by atoms with Gasteiger partial charge in [0.05, 0.1) is 17.8 Å². The smallest absolute Gasteiger partial charge is 0.254 e. The van der Waals surface area contributed by atoms with Crippen LogP contribution in [-0.4, -0.2) is 21.1 Å². The summed E-state index contributed by atoms with van der Waals surface area (Å²) in [5.41, 5.74) is 2.70. The summed E-state index contributed by atoms with van der Waals surface area (Å²) < 4.78 is 0. The summed E-state index contributed by atoms with van der Waals surface area (Å²) >= 11 is 3.31. The van der Waals surface area contributed by atoms with E-state index < -0.39 is 0 Å². The molecule has 0 spiro atoms. The summed E-state index contributed by atoms with van der Waals surface area (Å²) in [7, 11) is 0. The number of amides is 1. The van der Waals surface area contributed by atoms with Crippen LogP contribution >= 0.6 is 23.1 Å². The topological polar surface area (TPSA) is 54.9 Å². The van der Waals surface area contributed by atoms with Crippen molar-refractivity contribution in [3.8, 4) is 11.3 Å². The molecule has 1 fully saturated rings. The second-order valence-electron chi connectivity index (χ2n) is 6.56. The third-order valence-corrected chi connectivity index (χ3v) is 6.82. The molecule has 0 unspecified atom stereocenters. The maximum Gasteiger partial charge on any atom is 0.254 e. The molecule has 2 aromatic heterocycles. The molecule has 0 bridgehead atoms. The Morgan fingerprint density at radius 3 is 2.78 bits per heavy atom. The van der Waals surface area contributed by atoms with E-state index in [1.165, 1.54) is 25.7 Å². The maximum atomic E-state index is 12.7. The lowest BCUT2D eigenvalue weighted by molar-refractivity contribution is 0.0947. The van der Waals surface area contributed by atoms with Crippen molar-refractivity contribution in [2.45, 2.75) is 42.5 Å². The Morgan fingerprint density at radius 2 is 1.96 bits per heavy atom. The third kappa shape index (κ3) is 4.57. The molecule has 1 amide bonds. The highest BCUT2D eigenvalue weighted by atomic mass is 32.2. The van der Waals surface area contributed by atoms with Crippen LogP contribution < -0.4 is 5.32 Å². The zero-order chi connectivity index (χ0) is 18.5. The number of pyridine rings is 1. The summed E-state index contributed by atoms with van der Waals surface area (Å²) in [6, 6.07) is 13.8. The number of thiazole rings is 1. The van der Waals surface area contributed by atoms with Gasteiger partial charge in [-0.2, -0.15) is 0 Å². The number of rotatable bonds is 6. The highest BCUT2D eigenvalue weighted by Crippen LogP contribution is 2.35. The molecule has 1 N–H and O–H groups in total. The molecule has 0 radical (unpaired) electrons. The molecule has 0 saturated heterocycles. The number of carbonyl (C=O) groups is 1. The van der Waals surface area contributed by atoms with Crippen molar-refractivity contribution in [1.29, 1.82) is 0 Å². The van der Waals surface area contributed by atoms with Crippen LogP contribution in [0.4, 0.5) is 0 Å². The zero-order valence-corrected chi connectivity index (χ0v) is 16.6. The van der Waals surface area contributed by atoms with Crippen molar-refractivity contribution in [2.75, 3.05) is 0 Å². The number of hydrogen-bond acceptors (Lipinski definition) is 5. The van der Waals surface area contributed by atoms with Gasteiger partial charge in [-0.15, -0.1) is 23.1 Å². The van der Waals surface area contributed by atoms with E-state index >= 15 is 0 Å². The fourth-order valence-corrected chi connectivity index (χ4v) is 5.24. The molecule has 2 heterocycles. The van der Waals surface area contributed by atoms with Crippen molar-refractivity contribution in [1.82, 2.24) is 15.3 Å². The fourth-order valence-electron chi connectivity index (χ4n) is 3.21. The molecule has 1 aliphatic carbocycles. The van der Waals surface area contributed by atoms with E-state index in [0.29, 0.717) is 17.4 Å². The van der Waals surface area contributed by atoms with Gasteiger partial charge in [-0.25, -0.2) is 9.97 Å². The van der Waals surface area contributed by atoms with Gasteiger partial charge >= 0.3 is 0 Å². The molecule has 1 aliphatic rings. The average Bonchev–Trinajstić information content (AvgIpc) is 3.39. The summed E-state index contributed by atoms with van der Waals surface area (Å²) in [4.78, 5) is 21.8. The average molecular weight is 396 g/mol. The van der Waals surface area contributed by atoms with Gasteiger partial charge in [0.1, 0.15) is 10.0 Å². The van der Waals surface area contributed by atoms with Crippen LogP contribution in [0.5, 0.6) is 0 Å². The molecule has 4 nitrogen and oxygen atoms in total. The molecule has 6 heteroatoms. The number of nitrogens with zero attached hydrogens (tertiary/aromatic N) is 2. The van der Waals surface area contributed by atoms with E-state index in [4.69, 9.17) is 0 Å². The van der Waals surface area contributed by atoms with Gasteiger partial charge in [-0.1, -0.05) is 43.2 Å². The van der Waals surface area contributed by atoms with E-state index in [0.717, 1.165) is 21.3 Å². The molecular weight excluding hydrogens is 374 g/mol. The monoisotopic (exact) mass is 395 g/mol. The van der Waals surface area contributed by atoms with E-state index in [9.17, 15) is 4.79 Å². The van der Waals surface area contributed by atoms with Gasteiger partial charge in [0.25, 0.3) is 5.91 Å². The second-order valence-corrected chi connectivity index (χ2v) is 8.79. The van der Waals surface area contributed by atoms with Gasteiger partial charge in [-0.3, -0.25) is 4.79 Å². The van der Waals surface area contributed by atoms with Crippen LogP contribution in [0.15, 0.2) is 59.1 Å². The Labute approximate surface area is 167 Å². The van der Waals surface area contributed by atoms with Gasteiger partial charge in [0.2, 0.25) is 0 Å². The lowest BCUT2D eigenvalue weighted by atomic mass is 10.2. The number of aromatic nitrogens is 2. The van der Waals surface area contributed by atoms with Crippen LogP contribution in [0.1, 0.15) is 41.0 Å². The van der Waals surface area contributed by atoms with Gasteiger partial charge in [0, 0.05) is 22.4 Å². The molecule has 3 aromatic rings. The Morgan fingerprint density at radius 1 is 1.15 bits per heavy atom. The lowest BCUT2D eigenvalue weighted by Crippen LogP contribution is -2.23. The quantitative estimate of drug-likeness (QED) is 0.626. The molecule has 1 aromatic carbocycles. The summed E-state index contributed by atoms with van der Waals surface area (Å²) in [5.74, 6) is -0.0833. The zero-order valence-electron chi connectivity index (χ0n) is 14.9. The number of benzene rings is 1. The largest absolute Gasteiger partial charge is 0.345 e. The summed E-state index contributed by atoms with van der Waals surface area (Å²) in [6.45, 7) is 0.429. The number of hydrogen-bond donors (Lipinski definition) is 1. The van der Waals surface area contributed by atoms with Crippen molar-refractivity contribution in [3.05, 3.63) is 64.6 Å². The Hall–Kier alpha value is -2.18. The lowest BCUT2D eigenvalue weighted by Gasteiger charge is -2.11. The van der Waals surface area contributed by atoms with Crippen molar-refractivity contribution in [2.24, 2.45) is 0 Å². The molecule has 0 atom stereocenters. The normalized spacial score (nSPS) is 14.4. The Balaban J connectivity index is 1.40. The van der Waals surface area contributed by atoms with Crippen LogP contribution in [0.3, 0.4) is 0 Å². The predicted octanol–water partition coefficient (Wildman–Crippen LogP) is 5.17. The van der Waals surface area contributed by atoms with E-state index in [1.54, 1.807) is 29.3 Å². The highest BCUT2D eigenvalue weighted by Gasteiger charge is 2.20. The van der Waals surface area contributed by atoms with Gasteiger partial charge in [-0.05, 0) is 25.0 Å². The van der Waals surface area contributed by atoms with Crippen molar-refractivity contribution in [3.63, 3.8) is 0 Å². The van der Waals surface area contributed by atoms with Gasteiger partial charge < -0.3 is 5.32 Å². The minimum absolute atomic E-state index is 0.0833. The molecule has 4 rings (SSSR count). The second kappa shape index (κ2) is 8.67. The standard InChI is InChI=1S/C21H21N3OS2/c25-20(17-11-6-12-22-21(17)27-16-9-4-5-10-16)23-13-19-24-18(14-26-19)15-7-2-1-3-8-15/h1-3,6-8,11-12,14,16H,4-5,9-10,13H2,(H,23,25). The van der Waals surface area contributed by atoms with Crippen LogP contribution in [0, 0.1) is 0 Å². The first kappa shape index (κ1) is 18.2. The molecular formula is C21H21N3OS2. The minimum atomic E-state index is -0.0833. The van der Waals surface area contributed by atoms with E-state index in [-0.39, 0.29) is 5.91 Å². The maximum absolute atomic E-state index is 12.7. The van der Waals surface area contributed by atoms with E-state index in [2.05, 4.69) is 15.3 Å². The third-order valence-electron chi connectivity index (χ3n) is 4.62. The summed E-state index contributed by atoms with van der Waals surface area (Å²) in [5, 5.41) is 7.35. The fraction of sp³-hybridized carbons (Fsp3) is 0.286. The molecule has 0 aliphatic heterocycles. The van der Waals surface area contributed by atoms with Gasteiger partial charge in [0.15, 0.2) is 0 Å². The van der Waals surface area contributed by atoms with Crippen molar-refractivity contribution >= 4 is 29.0 Å². The SMILES string of the molecule is O=C(NCc1nc(-c2ccccc2)cs1)c1cccnc1SC1CCCC1.